The number of hydrogen-bond acceptors (Lipinski definition) is 4. The molecule has 18 heavy (non-hydrogen) atoms. The molecule has 0 amide bonds. The van der Waals surface area contributed by atoms with Crippen molar-refractivity contribution in [3.63, 3.8) is 0 Å². The zero-order chi connectivity index (χ0) is 13.0. The topological polar surface area (TPSA) is 29.0 Å². The lowest BCUT2D eigenvalue weighted by molar-refractivity contribution is 0.267. The Kier molecular flexibility index (Phi) is 4.69. The first-order valence-electron chi connectivity index (χ1n) is 5.94. The monoisotopic (exact) mass is 281 g/mol. The molecule has 0 spiro atoms. The van der Waals surface area contributed by atoms with Gasteiger partial charge in [-0.3, -0.25) is 4.90 Å². The van der Waals surface area contributed by atoms with Crippen LogP contribution in [0.3, 0.4) is 0 Å². The number of aromatic nitrogens is 2. The van der Waals surface area contributed by atoms with Gasteiger partial charge in [0.05, 0.1) is 0 Å². The average molecular weight is 282 g/mol. The number of aryl methyl sites for hydroxylation is 1. The van der Waals surface area contributed by atoms with Gasteiger partial charge in [0.25, 0.3) is 0 Å². The summed E-state index contributed by atoms with van der Waals surface area (Å²) in [7, 11) is 0. The number of rotatable bonds is 5. The van der Waals surface area contributed by atoms with Gasteiger partial charge in [0.15, 0.2) is 0 Å². The summed E-state index contributed by atoms with van der Waals surface area (Å²) in [4.78, 5) is 2.31. The van der Waals surface area contributed by atoms with Crippen LogP contribution in [0.2, 0.25) is 4.34 Å². The van der Waals surface area contributed by atoms with E-state index in [0.29, 0.717) is 4.34 Å². The fourth-order valence-corrected chi connectivity index (χ4v) is 2.42. The summed E-state index contributed by atoms with van der Waals surface area (Å²) < 4.78 is 4.56. The first kappa shape index (κ1) is 13.5. The second-order valence-corrected chi connectivity index (χ2v) is 5.58. The van der Waals surface area contributed by atoms with E-state index in [0.717, 1.165) is 25.3 Å². The normalized spacial score (nSPS) is 11.1. The van der Waals surface area contributed by atoms with Gasteiger partial charge in [-0.15, -0.1) is 5.10 Å². The van der Waals surface area contributed by atoms with Gasteiger partial charge in [0, 0.05) is 24.6 Å². The zero-order valence-electron chi connectivity index (χ0n) is 10.6. The van der Waals surface area contributed by atoms with Crippen LogP contribution in [0.15, 0.2) is 24.3 Å². The quantitative estimate of drug-likeness (QED) is 0.840. The maximum Gasteiger partial charge on any atom is 0.138 e. The van der Waals surface area contributed by atoms with Crippen molar-refractivity contribution in [1.29, 1.82) is 0 Å². The molecule has 0 aliphatic heterocycles. The Morgan fingerprint density at radius 1 is 1.28 bits per heavy atom. The minimum absolute atomic E-state index is 0.693. The van der Waals surface area contributed by atoms with Gasteiger partial charge >= 0.3 is 0 Å². The molecule has 3 nitrogen and oxygen atoms in total. The minimum atomic E-state index is 0.693. The lowest BCUT2D eigenvalue weighted by atomic mass is 10.1. The van der Waals surface area contributed by atoms with E-state index in [9.17, 15) is 0 Å². The molecule has 1 aromatic heterocycles. The Labute approximate surface area is 117 Å². The standard InChI is InChI=1S/C13H16ClN3S/c1-3-17(9-12-13(14)18-16-15-12)8-11-7-5-4-6-10(11)2/h4-7H,3,8-9H2,1-2H3. The minimum Gasteiger partial charge on any atom is -0.293 e. The molecule has 2 rings (SSSR count). The Hall–Kier alpha value is -0.970. The highest BCUT2D eigenvalue weighted by molar-refractivity contribution is 7.10. The predicted molar refractivity (Wildman–Crippen MR) is 75.9 cm³/mol. The smallest absolute Gasteiger partial charge is 0.138 e. The van der Waals surface area contributed by atoms with Crippen molar-refractivity contribution >= 4 is 23.1 Å². The molecule has 0 aliphatic rings. The Morgan fingerprint density at radius 2 is 2.06 bits per heavy atom. The van der Waals surface area contributed by atoms with Gasteiger partial charge in [-0.25, -0.2) is 0 Å². The van der Waals surface area contributed by atoms with E-state index < -0.39 is 0 Å². The maximum absolute atomic E-state index is 6.04. The van der Waals surface area contributed by atoms with Gasteiger partial charge in [-0.2, -0.15) is 0 Å². The first-order chi connectivity index (χ1) is 8.70. The maximum atomic E-state index is 6.04. The molecule has 0 saturated heterocycles. The summed E-state index contributed by atoms with van der Waals surface area (Å²) in [5.41, 5.74) is 3.54. The lowest BCUT2D eigenvalue weighted by Crippen LogP contribution is -2.23. The third-order valence-electron chi connectivity index (χ3n) is 2.99. The molecule has 0 bridgehead atoms. The van der Waals surface area contributed by atoms with Crippen LogP contribution in [-0.2, 0) is 13.1 Å². The van der Waals surface area contributed by atoms with Crippen LogP contribution < -0.4 is 0 Å². The van der Waals surface area contributed by atoms with Crippen molar-refractivity contribution < 1.29 is 0 Å². The molecule has 0 unspecified atom stereocenters. The predicted octanol–water partition coefficient (Wildman–Crippen LogP) is 3.52. The van der Waals surface area contributed by atoms with E-state index in [-0.39, 0.29) is 0 Å². The van der Waals surface area contributed by atoms with Crippen molar-refractivity contribution in [2.45, 2.75) is 26.9 Å². The summed E-state index contributed by atoms with van der Waals surface area (Å²) in [5.74, 6) is 0. The molecule has 0 saturated carbocycles. The second kappa shape index (κ2) is 6.27. The van der Waals surface area contributed by atoms with Crippen molar-refractivity contribution in [2.24, 2.45) is 0 Å². The van der Waals surface area contributed by atoms with E-state index in [4.69, 9.17) is 11.6 Å². The summed E-state index contributed by atoms with van der Waals surface area (Å²) in [6.07, 6.45) is 0. The Bertz CT molecular complexity index is 512. The molecule has 0 aliphatic carbocycles. The van der Waals surface area contributed by atoms with Crippen molar-refractivity contribution in [3.05, 3.63) is 45.4 Å². The highest BCUT2D eigenvalue weighted by atomic mass is 35.5. The van der Waals surface area contributed by atoms with Gasteiger partial charge in [-0.05, 0) is 24.6 Å². The molecule has 0 radical (unpaired) electrons. The number of halogens is 1. The molecule has 96 valence electrons. The molecule has 0 atom stereocenters. The molecule has 0 N–H and O–H groups in total. The van der Waals surface area contributed by atoms with E-state index in [1.165, 1.54) is 22.7 Å². The second-order valence-electron chi connectivity index (χ2n) is 4.22. The highest BCUT2D eigenvalue weighted by Gasteiger charge is 2.11. The van der Waals surface area contributed by atoms with Crippen molar-refractivity contribution in [1.82, 2.24) is 14.5 Å². The summed E-state index contributed by atoms with van der Waals surface area (Å²) in [5, 5.41) is 4.06. The largest absolute Gasteiger partial charge is 0.293 e. The third-order valence-corrected chi connectivity index (χ3v) is 3.97. The highest BCUT2D eigenvalue weighted by Crippen LogP contribution is 2.20. The van der Waals surface area contributed by atoms with Crippen LogP contribution in [0.1, 0.15) is 23.7 Å². The van der Waals surface area contributed by atoms with Crippen LogP contribution in [0.4, 0.5) is 0 Å². The van der Waals surface area contributed by atoms with Gasteiger partial charge < -0.3 is 0 Å². The van der Waals surface area contributed by atoms with Crippen LogP contribution in [0.25, 0.3) is 0 Å². The summed E-state index contributed by atoms with van der Waals surface area (Å²) >= 11 is 7.29. The number of benzene rings is 1. The summed E-state index contributed by atoms with van der Waals surface area (Å²) in [6.45, 7) is 6.91. The van der Waals surface area contributed by atoms with Crippen LogP contribution in [0, 0.1) is 6.92 Å². The number of hydrogen-bond donors (Lipinski definition) is 0. The summed E-state index contributed by atoms with van der Waals surface area (Å²) in [6, 6.07) is 8.45. The van der Waals surface area contributed by atoms with E-state index in [1.807, 2.05) is 0 Å². The molecular formula is C13H16ClN3S. The Morgan fingerprint density at radius 3 is 2.67 bits per heavy atom. The SMILES string of the molecule is CCN(Cc1ccccc1C)Cc1nnsc1Cl. The Balaban J connectivity index is 2.06. The fourth-order valence-electron chi connectivity index (χ4n) is 1.81. The van der Waals surface area contributed by atoms with Gasteiger partial charge in [0.2, 0.25) is 0 Å². The van der Waals surface area contributed by atoms with Gasteiger partial charge in [-0.1, -0.05) is 47.3 Å². The number of nitrogens with zero attached hydrogens (tertiary/aromatic N) is 3. The average Bonchev–Trinajstić information content (AvgIpc) is 2.77. The molecule has 5 heteroatoms. The molecule has 1 heterocycles. The van der Waals surface area contributed by atoms with E-state index >= 15 is 0 Å². The van der Waals surface area contributed by atoms with E-state index in [2.05, 4.69) is 52.6 Å². The molecule has 1 aromatic carbocycles. The van der Waals surface area contributed by atoms with Gasteiger partial charge in [0.1, 0.15) is 10.0 Å². The molecule has 0 fully saturated rings. The molecular weight excluding hydrogens is 266 g/mol. The fraction of sp³-hybridized carbons (Fsp3) is 0.385. The van der Waals surface area contributed by atoms with E-state index in [1.54, 1.807) is 0 Å². The third kappa shape index (κ3) is 3.28. The lowest BCUT2D eigenvalue weighted by Gasteiger charge is -2.20. The van der Waals surface area contributed by atoms with Crippen molar-refractivity contribution in [3.8, 4) is 0 Å². The zero-order valence-corrected chi connectivity index (χ0v) is 12.1. The van der Waals surface area contributed by atoms with Crippen LogP contribution in [-0.4, -0.2) is 21.0 Å². The molecule has 2 aromatic rings. The van der Waals surface area contributed by atoms with Crippen molar-refractivity contribution in [2.75, 3.05) is 6.54 Å². The van der Waals surface area contributed by atoms with Crippen LogP contribution in [0.5, 0.6) is 0 Å². The first-order valence-corrected chi connectivity index (χ1v) is 7.09. The van der Waals surface area contributed by atoms with Crippen LogP contribution >= 0.6 is 23.1 Å².